The summed E-state index contributed by atoms with van der Waals surface area (Å²) in [5.41, 5.74) is 0.932. The van der Waals surface area contributed by atoms with Crippen molar-refractivity contribution < 1.29 is 14.3 Å². The Labute approximate surface area is 117 Å². The number of aromatic nitrogens is 3. The number of amides is 1. The third kappa shape index (κ3) is 3.34. The first-order valence-corrected chi connectivity index (χ1v) is 6.84. The van der Waals surface area contributed by atoms with Gasteiger partial charge in [-0.2, -0.15) is 0 Å². The molecule has 110 valence electrons. The number of methoxy groups -OCH3 is 1. The van der Waals surface area contributed by atoms with Crippen molar-refractivity contribution in [1.29, 1.82) is 0 Å². The van der Waals surface area contributed by atoms with E-state index in [0.717, 1.165) is 12.8 Å². The highest BCUT2D eigenvalue weighted by molar-refractivity contribution is 5.88. The summed E-state index contributed by atoms with van der Waals surface area (Å²) in [6.07, 6.45) is 2.47. The summed E-state index contributed by atoms with van der Waals surface area (Å²) in [4.78, 5) is 23.3. The highest BCUT2D eigenvalue weighted by Crippen LogP contribution is 2.20. The highest BCUT2D eigenvalue weighted by Gasteiger charge is 2.25. The molecule has 0 aromatic carbocycles. The fraction of sp³-hybridized carbons (Fsp3) is 0.692. The number of rotatable bonds is 6. The number of esters is 1. The van der Waals surface area contributed by atoms with Crippen molar-refractivity contribution >= 4 is 11.9 Å². The lowest BCUT2D eigenvalue weighted by molar-refractivity contribution is -0.121. The fourth-order valence-corrected chi connectivity index (χ4v) is 2.03. The molecule has 0 radical (unpaired) electrons. The molecule has 7 heteroatoms. The SMILES string of the molecule is COC(=O)c1nnn(CCC(=O)NC2CC2)c1C(C)C. The lowest BCUT2D eigenvalue weighted by atomic mass is 10.1. The van der Waals surface area contributed by atoms with Gasteiger partial charge in [-0.25, -0.2) is 9.48 Å². The Morgan fingerprint density at radius 1 is 1.45 bits per heavy atom. The maximum absolute atomic E-state index is 11.7. The van der Waals surface area contributed by atoms with E-state index >= 15 is 0 Å². The zero-order valence-corrected chi connectivity index (χ0v) is 12.0. The topological polar surface area (TPSA) is 86.1 Å². The van der Waals surface area contributed by atoms with E-state index in [1.165, 1.54) is 7.11 Å². The van der Waals surface area contributed by atoms with E-state index in [4.69, 9.17) is 4.74 Å². The number of aryl methyl sites for hydroxylation is 1. The lowest BCUT2D eigenvalue weighted by Gasteiger charge is -2.10. The van der Waals surface area contributed by atoms with Crippen LogP contribution in [0.2, 0.25) is 0 Å². The quantitative estimate of drug-likeness (QED) is 0.781. The van der Waals surface area contributed by atoms with Gasteiger partial charge in [-0.05, 0) is 18.8 Å². The average Bonchev–Trinajstić information content (AvgIpc) is 3.11. The van der Waals surface area contributed by atoms with Gasteiger partial charge in [0, 0.05) is 12.5 Å². The van der Waals surface area contributed by atoms with Crippen LogP contribution >= 0.6 is 0 Å². The molecule has 1 saturated carbocycles. The molecule has 0 atom stereocenters. The van der Waals surface area contributed by atoms with Crippen LogP contribution in [0.4, 0.5) is 0 Å². The molecular weight excluding hydrogens is 260 g/mol. The van der Waals surface area contributed by atoms with Gasteiger partial charge in [-0.3, -0.25) is 4.79 Å². The summed E-state index contributed by atoms with van der Waals surface area (Å²) >= 11 is 0. The van der Waals surface area contributed by atoms with Crippen molar-refractivity contribution in [2.45, 2.75) is 51.6 Å². The van der Waals surface area contributed by atoms with Crippen molar-refractivity contribution in [2.75, 3.05) is 7.11 Å². The largest absolute Gasteiger partial charge is 0.464 e. The van der Waals surface area contributed by atoms with E-state index in [9.17, 15) is 9.59 Å². The summed E-state index contributed by atoms with van der Waals surface area (Å²) in [6, 6.07) is 0.355. The summed E-state index contributed by atoms with van der Waals surface area (Å²) in [6.45, 7) is 4.31. The molecule has 0 bridgehead atoms. The molecular formula is C13H20N4O3. The summed E-state index contributed by atoms with van der Waals surface area (Å²) in [5.74, 6) is -0.412. The minimum absolute atomic E-state index is 0.0114. The third-order valence-corrected chi connectivity index (χ3v) is 3.19. The van der Waals surface area contributed by atoms with Crippen LogP contribution in [0, 0.1) is 0 Å². The predicted octanol–water partition coefficient (Wildman–Crippen LogP) is 0.857. The first-order valence-electron chi connectivity index (χ1n) is 6.84. The summed E-state index contributed by atoms with van der Waals surface area (Å²) < 4.78 is 6.31. The monoisotopic (exact) mass is 280 g/mol. The summed E-state index contributed by atoms with van der Waals surface area (Å²) in [7, 11) is 1.31. The zero-order valence-electron chi connectivity index (χ0n) is 12.0. The zero-order chi connectivity index (χ0) is 14.7. The number of carbonyl (C=O) groups is 2. The van der Waals surface area contributed by atoms with Crippen LogP contribution in [-0.4, -0.2) is 40.0 Å². The summed E-state index contributed by atoms with van der Waals surface area (Å²) in [5, 5.41) is 10.7. The highest BCUT2D eigenvalue weighted by atomic mass is 16.5. The Balaban J connectivity index is 2.04. The van der Waals surface area contributed by atoms with Gasteiger partial charge in [-0.15, -0.1) is 5.10 Å². The van der Waals surface area contributed by atoms with E-state index in [0.29, 0.717) is 24.7 Å². The second-order valence-electron chi connectivity index (χ2n) is 5.28. The van der Waals surface area contributed by atoms with Crippen LogP contribution in [-0.2, 0) is 16.1 Å². The maximum atomic E-state index is 11.7. The molecule has 20 heavy (non-hydrogen) atoms. The van der Waals surface area contributed by atoms with Crippen molar-refractivity contribution in [2.24, 2.45) is 0 Å². The standard InChI is InChI=1S/C13H20N4O3/c1-8(2)12-11(13(19)20-3)15-16-17(12)7-6-10(18)14-9-4-5-9/h8-9H,4-7H2,1-3H3,(H,14,18). The van der Waals surface area contributed by atoms with Crippen molar-refractivity contribution in [1.82, 2.24) is 20.3 Å². The van der Waals surface area contributed by atoms with E-state index in [1.807, 2.05) is 13.8 Å². The predicted molar refractivity (Wildman–Crippen MR) is 71.2 cm³/mol. The lowest BCUT2D eigenvalue weighted by Crippen LogP contribution is -2.26. The van der Waals surface area contributed by atoms with Gasteiger partial charge in [-0.1, -0.05) is 19.1 Å². The Hall–Kier alpha value is -1.92. The van der Waals surface area contributed by atoms with E-state index in [1.54, 1.807) is 4.68 Å². The number of hydrogen-bond donors (Lipinski definition) is 1. The van der Waals surface area contributed by atoms with Crippen LogP contribution in [0.1, 0.15) is 55.2 Å². The van der Waals surface area contributed by atoms with Crippen LogP contribution in [0.25, 0.3) is 0 Å². The normalized spacial score (nSPS) is 14.4. The van der Waals surface area contributed by atoms with Gasteiger partial charge in [0.1, 0.15) is 0 Å². The first-order chi connectivity index (χ1) is 9.52. The average molecular weight is 280 g/mol. The molecule has 1 heterocycles. The maximum Gasteiger partial charge on any atom is 0.360 e. The van der Waals surface area contributed by atoms with Crippen LogP contribution < -0.4 is 5.32 Å². The van der Waals surface area contributed by atoms with Crippen molar-refractivity contribution in [3.05, 3.63) is 11.4 Å². The molecule has 2 rings (SSSR count). The number of hydrogen-bond acceptors (Lipinski definition) is 5. The van der Waals surface area contributed by atoms with Gasteiger partial charge in [0.25, 0.3) is 0 Å². The molecule has 1 amide bonds. The molecule has 7 nitrogen and oxygen atoms in total. The van der Waals surface area contributed by atoms with E-state index in [2.05, 4.69) is 15.6 Å². The molecule has 1 N–H and O–H groups in total. The number of carbonyl (C=O) groups excluding carboxylic acids is 2. The van der Waals surface area contributed by atoms with Gasteiger partial charge in [0.2, 0.25) is 5.91 Å². The van der Waals surface area contributed by atoms with Crippen LogP contribution in [0.15, 0.2) is 0 Å². The molecule has 1 aromatic rings. The molecule has 1 fully saturated rings. The van der Waals surface area contributed by atoms with Crippen LogP contribution in [0.3, 0.4) is 0 Å². The molecule has 0 unspecified atom stereocenters. The molecule has 1 aliphatic carbocycles. The smallest absolute Gasteiger partial charge is 0.360 e. The molecule has 1 aliphatic rings. The van der Waals surface area contributed by atoms with Gasteiger partial charge < -0.3 is 10.1 Å². The van der Waals surface area contributed by atoms with Crippen LogP contribution in [0.5, 0.6) is 0 Å². The Bertz CT molecular complexity index is 506. The molecule has 0 saturated heterocycles. The van der Waals surface area contributed by atoms with E-state index in [-0.39, 0.29) is 17.5 Å². The van der Waals surface area contributed by atoms with E-state index < -0.39 is 5.97 Å². The van der Waals surface area contributed by atoms with Crippen molar-refractivity contribution in [3.63, 3.8) is 0 Å². The fourth-order valence-electron chi connectivity index (χ4n) is 2.03. The second-order valence-corrected chi connectivity index (χ2v) is 5.28. The molecule has 1 aromatic heterocycles. The van der Waals surface area contributed by atoms with Gasteiger partial charge in [0.15, 0.2) is 5.69 Å². The molecule has 0 aliphatic heterocycles. The Morgan fingerprint density at radius 2 is 2.15 bits per heavy atom. The van der Waals surface area contributed by atoms with Gasteiger partial charge in [0.05, 0.1) is 19.3 Å². The minimum atomic E-state index is -0.498. The third-order valence-electron chi connectivity index (χ3n) is 3.19. The first kappa shape index (κ1) is 14.5. The number of nitrogens with zero attached hydrogens (tertiary/aromatic N) is 3. The van der Waals surface area contributed by atoms with Crippen molar-refractivity contribution in [3.8, 4) is 0 Å². The number of ether oxygens (including phenoxy) is 1. The molecule has 0 spiro atoms. The van der Waals surface area contributed by atoms with Gasteiger partial charge >= 0.3 is 5.97 Å². The number of nitrogens with one attached hydrogen (secondary N) is 1. The second kappa shape index (κ2) is 6.02. The Kier molecular flexibility index (Phi) is 4.36. The Morgan fingerprint density at radius 3 is 2.70 bits per heavy atom. The minimum Gasteiger partial charge on any atom is -0.464 e.